The number of carbonyl (C=O) groups is 1. The van der Waals surface area contributed by atoms with Crippen LogP contribution in [0.5, 0.6) is 23.0 Å². The lowest BCUT2D eigenvalue weighted by molar-refractivity contribution is -0.137. The number of carbonyl (C=O) groups excluding carboxylic acids is 1. The first kappa shape index (κ1) is 17.3. The zero-order chi connectivity index (χ0) is 18.4. The monoisotopic (exact) mass is 394 g/mol. The molecule has 2 aromatic rings. The van der Waals surface area contributed by atoms with Gasteiger partial charge in [-0.05, 0) is 37.1 Å². The van der Waals surface area contributed by atoms with Crippen molar-refractivity contribution < 1.29 is 23.7 Å². The van der Waals surface area contributed by atoms with Crippen molar-refractivity contribution in [3.05, 3.63) is 45.4 Å². The number of ether oxygens (including phenoxy) is 4. The molecule has 0 aliphatic carbocycles. The summed E-state index contributed by atoms with van der Waals surface area (Å²) < 4.78 is 22.9. The Kier molecular flexibility index (Phi) is 4.37. The van der Waals surface area contributed by atoms with Gasteiger partial charge in [0.2, 0.25) is 5.78 Å². The molecule has 0 bridgehead atoms. The van der Waals surface area contributed by atoms with Crippen molar-refractivity contribution in [1.29, 1.82) is 0 Å². The molecule has 0 amide bonds. The van der Waals surface area contributed by atoms with Crippen LogP contribution in [0, 0.1) is 13.8 Å². The van der Waals surface area contributed by atoms with E-state index in [0.29, 0.717) is 33.0 Å². The van der Waals surface area contributed by atoms with E-state index < -0.39 is 12.2 Å². The van der Waals surface area contributed by atoms with Crippen LogP contribution in [-0.4, -0.2) is 31.2 Å². The van der Waals surface area contributed by atoms with Gasteiger partial charge in [0.25, 0.3) is 0 Å². The van der Waals surface area contributed by atoms with Gasteiger partial charge in [-0.2, -0.15) is 0 Å². The largest absolute Gasteiger partial charge is 0.485 e. The van der Waals surface area contributed by atoms with Gasteiger partial charge in [0, 0.05) is 22.2 Å². The molecule has 136 valence electrons. The van der Waals surface area contributed by atoms with Crippen molar-refractivity contribution in [2.75, 3.05) is 13.2 Å². The van der Waals surface area contributed by atoms with E-state index in [1.54, 1.807) is 24.3 Å². The zero-order valence-electron chi connectivity index (χ0n) is 14.2. The molecule has 0 radical (unpaired) electrons. The maximum atomic E-state index is 12.8. The Balaban J connectivity index is 1.51. The first-order valence-electron chi connectivity index (χ1n) is 8.15. The minimum atomic E-state index is -0.794. The van der Waals surface area contributed by atoms with Crippen LogP contribution in [-0.2, 0) is 4.79 Å². The van der Waals surface area contributed by atoms with E-state index in [0.717, 1.165) is 11.1 Å². The minimum absolute atomic E-state index is 0.105. The molecule has 4 rings (SSSR count). The van der Waals surface area contributed by atoms with Crippen molar-refractivity contribution in [3.63, 3.8) is 0 Å². The summed E-state index contributed by atoms with van der Waals surface area (Å²) in [6.45, 7) is 3.96. The molecular formula is C19H16Cl2O5. The molecule has 26 heavy (non-hydrogen) atoms. The van der Waals surface area contributed by atoms with Gasteiger partial charge in [-0.1, -0.05) is 23.2 Å². The number of Topliss-reactive ketones (excluding diaryl/α,β-unsaturated/α-hetero) is 1. The predicted octanol–water partition coefficient (Wildman–Crippen LogP) is 4.16. The SMILES string of the molecule is Cc1cc2c(cc1Cl)OC(C(=O)C1COc3cc(C)c(Cl)cc3O1)CO2. The predicted molar refractivity (Wildman–Crippen MR) is 97.2 cm³/mol. The Morgan fingerprint density at radius 3 is 1.65 bits per heavy atom. The van der Waals surface area contributed by atoms with Crippen LogP contribution in [0.25, 0.3) is 0 Å². The number of fused-ring (bicyclic) bond motifs is 2. The highest BCUT2D eigenvalue weighted by atomic mass is 35.5. The van der Waals surface area contributed by atoms with E-state index in [2.05, 4.69) is 0 Å². The molecule has 0 aromatic heterocycles. The molecule has 7 heteroatoms. The smallest absolute Gasteiger partial charge is 0.220 e. The fraction of sp³-hybridized carbons (Fsp3) is 0.316. The normalized spacial score (nSPS) is 20.6. The second kappa shape index (κ2) is 6.56. The minimum Gasteiger partial charge on any atom is -0.485 e. The van der Waals surface area contributed by atoms with Crippen LogP contribution < -0.4 is 18.9 Å². The lowest BCUT2D eigenvalue weighted by Crippen LogP contribution is -2.48. The number of benzene rings is 2. The molecule has 0 N–H and O–H groups in total. The Morgan fingerprint density at radius 2 is 1.23 bits per heavy atom. The number of hydrogen-bond donors (Lipinski definition) is 0. The molecule has 0 saturated carbocycles. The molecule has 0 saturated heterocycles. The van der Waals surface area contributed by atoms with Gasteiger partial charge in [-0.25, -0.2) is 0 Å². The van der Waals surface area contributed by atoms with Gasteiger partial charge < -0.3 is 18.9 Å². The van der Waals surface area contributed by atoms with Crippen LogP contribution in [0.2, 0.25) is 10.0 Å². The molecule has 5 nitrogen and oxygen atoms in total. The number of halogens is 2. The summed E-state index contributed by atoms with van der Waals surface area (Å²) in [5.74, 6) is 1.78. The Bertz CT molecular complexity index is 824. The molecule has 0 fully saturated rings. The number of aryl methyl sites for hydroxylation is 2. The second-order valence-electron chi connectivity index (χ2n) is 6.33. The second-order valence-corrected chi connectivity index (χ2v) is 7.15. The third-order valence-electron chi connectivity index (χ3n) is 4.40. The topological polar surface area (TPSA) is 54.0 Å². The molecule has 2 aromatic carbocycles. The highest BCUT2D eigenvalue weighted by molar-refractivity contribution is 6.31. The first-order valence-corrected chi connectivity index (χ1v) is 8.91. The van der Waals surface area contributed by atoms with Crippen molar-refractivity contribution in [2.24, 2.45) is 0 Å². The molecule has 2 aliphatic heterocycles. The van der Waals surface area contributed by atoms with Crippen molar-refractivity contribution in [2.45, 2.75) is 26.1 Å². The molecular weight excluding hydrogens is 379 g/mol. The van der Waals surface area contributed by atoms with Crippen LogP contribution in [0.15, 0.2) is 24.3 Å². The van der Waals surface area contributed by atoms with E-state index >= 15 is 0 Å². The van der Waals surface area contributed by atoms with E-state index in [9.17, 15) is 4.79 Å². The lowest BCUT2D eigenvalue weighted by atomic mass is 10.1. The Morgan fingerprint density at radius 1 is 0.808 bits per heavy atom. The maximum Gasteiger partial charge on any atom is 0.220 e. The summed E-state index contributed by atoms with van der Waals surface area (Å²) in [4.78, 5) is 12.8. The summed E-state index contributed by atoms with van der Waals surface area (Å²) in [5, 5.41) is 1.10. The molecule has 2 aliphatic rings. The van der Waals surface area contributed by atoms with E-state index in [1.807, 2.05) is 13.8 Å². The fourth-order valence-electron chi connectivity index (χ4n) is 2.88. The van der Waals surface area contributed by atoms with Gasteiger partial charge >= 0.3 is 0 Å². The first-order chi connectivity index (χ1) is 12.4. The van der Waals surface area contributed by atoms with Crippen molar-refractivity contribution >= 4 is 29.0 Å². The number of rotatable bonds is 2. The van der Waals surface area contributed by atoms with Gasteiger partial charge in [0.1, 0.15) is 13.2 Å². The summed E-state index contributed by atoms with van der Waals surface area (Å²) in [6.07, 6.45) is -1.59. The average molecular weight is 395 g/mol. The highest BCUT2D eigenvalue weighted by Gasteiger charge is 2.37. The molecule has 0 spiro atoms. The van der Waals surface area contributed by atoms with Crippen LogP contribution in [0.4, 0.5) is 0 Å². The number of ketones is 1. The summed E-state index contributed by atoms with van der Waals surface area (Å²) in [5.41, 5.74) is 1.76. The highest BCUT2D eigenvalue weighted by Crippen LogP contribution is 2.39. The van der Waals surface area contributed by atoms with E-state index in [-0.39, 0.29) is 19.0 Å². The van der Waals surface area contributed by atoms with Gasteiger partial charge in [-0.3, -0.25) is 4.79 Å². The van der Waals surface area contributed by atoms with E-state index in [1.165, 1.54) is 0 Å². The quantitative estimate of drug-likeness (QED) is 0.765. The molecule has 2 atom stereocenters. The third-order valence-corrected chi connectivity index (χ3v) is 5.22. The number of hydrogen-bond acceptors (Lipinski definition) is 5. The third kappa shape index (κ3) is 3.06. The van der Waals surface area contributed by atoms with Gasteiger partial charge in [0.15, 0.2) is 35.2 Å². The average Bonchev–Trinajstić information content (AvgIpc) is 2.62. The fourth-order valence-corrected chi connectivity index (χ4v) is 3.18. The van der Waals surface area contributed by atoms with Crippen LogP contribution >= 0.6 is 23.2 Å². The Labute approximate surface area is 160 Å². The zero-order valence-corrected chi connectivity index (χ0v) is 15.7. The summed E-state index contributed by atoms with van der Waals surface area (Å²) in [7, 11) is 0. The summed E-state index contributed by atoms with van der Waals surface area (Å²) in [6, 6.07) is 6.89. The lowest BCUT2D eigenvalue weighted by Gasteiger charge is -2.31. The van der Waals surface area contributed by atoms with E-state index in [4.69, 9.17) is 42.1 Å². The van der Waals surface area contributed by atoms with Crippen LogP contribution in [0.1, 0.15) is 11.1 Å². The molecule has 2 unspecified atom stereocenters. The van der Waals surface area contributed by atoms with Crippen LogP contribution in [0.3, 0.4) is 0 Å². The molecule has 2 heterocycles. The van der Waals surface area contributed by atoms with Crippen molar-refractivity contribution in [3.8, 4) is 23.0 Å². The van der Waals surface area contributed by atoms with Crippen molar-refractivity contribution in [1.82, 2.24) is 0 Å². The summed E-state index contributed by atoms with van der Waals surface area (Å²) >= 11 is 12.3. The van der Waals surface area contributed by atoms with Gasteiger partial charge in [-0.15, -0.1) is 0 Å². The standard InChI is InChI=1S/C19H16Cl2O5/c1-9-3-13-15(5-11(9)20)25-17(7-23-13)19(22)18-8-24-14-4-10(2)12(21)6-16(14)26-18/h3-6,17-18H,7-8H2,1-2H3. The maximum absolute atomic E-state index is 12.8. The van der Waals surface area contributed by atoms with Gasteiger partial charge in [0.05, 0.1) is 0 Å². The Hall–Kier alpha value is -2.11.